The van der Waals surface area contributed by atoms with Crippen molar-refractivity contribution < 1.29 is 4.79 Å². The number of aromatic amines is 1. The molecule has 0 saturated carbocycles. The Morgan fingerprint density at radius 3 is 2.32 bits per heavy atom. The molecule has 2 aromatic heterocycles. The lowest BCUT2D eigenvalue weighted by molar-refractivity contribution is 0.101. The van der Waals surface area contributed by atoms with E-state index in [0.717, 1.165) is 16.8 Å². The quantitative estimate of drug-likeness (QED) is 0.227. The van der Waals surface area contributed by atoms with Gasteiger partial charge in [0.1, 0.15) is 0 Å². The highest BCUT2D eigenvalue weighted by Crippen LogP contribution is 2.30. The Kier molecular flexibility index (Phi) is 5.80. The number of nitrogens with one attached hydrogen (secondary N) is 1. The molecule has 0 atom stereocenters. The average molecular weight is 466 g/mol. The molecule has 34 heavy (non-hydrogen) atoms. The van der Waals surface area contributed by atoms with Crippen LogP contribution < -0.4 is 5.56 Å². The molecule has 166 valence electrons. The normalized spacial score (nSPS) is 11.2. The first-order valence-corrected chi connectivity index (χ1v) is 11.4. The summed E-state index contributed by atoms with van der Waals surface area (Å²) in [4.78, 5) is 29.7. The molecular weight excluding hydrogens is 446 g/mol. The molecule has 5 rings (SSSR count). The summed E-state index contributed by atoms with van der Waals surface area (Å²) in [5.41, 5.74) is 3.90. The predicted molar refractivity (Wildman–Crippen MR) is 134 cm³/mol. The van der Waals surface area contributed by atoms with Gasteiger partial charge in [-0.2, -0.15) is 9.80 Å². The highest BCUT2D eigenvalue weighted by Gasteiger charge is 2.19. The molecule has 0 aliphatic carbocycles. The van der Waals surface area contributed by atoms with Gasteiger partial charge in [0.05, 0.1) is 17.1 Å². The van der Waals surface area contributed by atoms with E-state index in [-0.39, 0.29) is 17.0 Å². The van der Waals surface area contributed by atoms with Crippen molar-refractivity contribution in [2.45, 2.75) is 6.92 Å². The van der Waals surface area contributed by atoms with Crippen LogP contribution in [-0.4, -0.2) is 20.5 Å². The number of nitrogens with zero attached hydrogens (tertiary/aromatic N) is 4. The van der Waals surface area contributed by atoms with Gasteiger partial charge >= 0.3 is 5.56 Å². The molecule has 2 heterocycles. The summed E-state index contributed by atoms with van der Waals surface area (Å²) in [5, 5.41) is 14.1. The molecule has 0 aliphatic rings. The van der Waals surface area contributed by atoms with Gasteiger partial charge in [0.2, 0.25) is 5.13 Å². The fourth-order valence-corrected chi connectivity index (χ4v) is 4.26. The lowest BCUT2D eigenvalue weighted by Gasteiger charge is -1.99. The number of Topliss-reactive ketones (excluding diaryl/α,β-unsaturated/α-hetero) is 1. The zero-order valence-corrected chi connectivity index (χ0v) is 19.0. The molecule has 5 aromatic rings. The number of hydrogen-bond acceptors (Lipinski definition) is 6. The standard InChI is InChI=1S/C26H19N5O2S/c1-17(32)20-13-8-14-21(15-20)28-29-24-23(19-11-6-3-7-12-19)30-31(25(24)33)26-27-22(16-34-26)18-9-4-2-5-10-18/h2-16,30H,1H3. The summed E-state index contributed by atoms with van der Waals surface area (Å²) in [5.74, 6) is -0.0657. The summed E-state index contributed by atoms with van der Waals surface area (Å²) < 4.78 is 1.39. The lowest BCUT2D eigenvalue weighted by Crippen LogP contribution is -2.13. The first-order chi connectivity index (χ1) is 16.6. The van der Waals surface area contributed by atoms with Gasteiger partial charge in [-0.3, -0.25) is 14.7 Å². The molecule has 7 nitrogen and oxygen atoms in total. The van der Waals surface area contributed by atoms with Crippen LogP contribution in [0.3, 0.4) is 0 Å². The first-order valence-electron chi connectivity index (χ1n) is 10.5. The third kappa shape index (κ3) is 4.26. The zero-order valence-electron chi connectivity index (χ0n) is 18.2. The molecule has 0 spiro atoms. The Morgan fingerprint density at radius 2 is 1.62 bits per heavy atom. The number of carbonyl (C=O) groups excluding carboxylic acids is 1. The van der Waals surface area contributed by atoms with E-state index in [1.807, 2.05) is 66.0 Å². The SMILES string of the molecule is CC(=O)c1cccc(N=Nc2c(-c3ccccc3)[nH]n(-c3nc(-c4ccccc4)cs3)c2=O)c1. The number of azo groups is 1. The largest absolute Gasteiger partial charge is 0.301 e. The Morgan fingerprint density at radius 1 is 0.912 bits per heavy atom. The summed E-state index contributed by atoms with van der Waals surface area (Å²) in [6, 6.07) is 26.1. The second-order valence-corrected chi connectivity index (χ2v) is 8.37. The maximum absolute atomic E-state index is 13.4. The number of aromatic nitrogens is 3. The number of ketones is 1. The molecule has 0 aliphatic heterocycles. The minimum atomic E-state index is -0.362. The molecule has 0 unspecified atom stereocenters. The fourth-order valence-electron chi connectivity index (χ4n) is 3.47. The molecule has 0 saturated heterocycles. The van der Waals surface area contributed by atoms with Gasteiger partial charge in [-0.05, 0) is 19.1 Å². The maximum Gasteiger partial charge on any atom is 0.301 e. The number of carbonyl (C=O) groups is 1. The van der Waals surface area contributed by atoms with Crippen LogP contribution in [0, 0.1) is 0 Å². The van der Waals surface area contributed by atoms with Crippen LogP contribution in [0.5, 0.6) is 0 Å². The van der Waals surface area contributed by atoms with Crippen molar-refractivity contribution in [3.8, 4) is 27.6 Å². The van der Waals surface area contributed by atoms with E-state index in [2.05, 4.69) is 20.3 Å². The summed E-state index contributed by atoms with van der Waals surface area (Å²) in [6.45, 7) is 1.49. The minimum absolute atomic E-state index is 0.0657. The predicted octanol–water partition coefficient (Wildman–Crippen LogP) is 6.57. The Labute approximate surface area is 199 Å². The number of rotatable bonds is 6. The lowest BCUT2D eigenvalue weighted by atomic mass is 10.1. The van der Waals surface area contributed by atoms with E-state index >= 15 is 0 Å². The Balaban J connectivity index is 1.59. The van der Waals surface area contributed by atoms with E-state index in [1.54, 1.807) is 24.3 Å². The van der Waals surface area contributed by atoms with Crippen molar-refractivity contribution in [2.75, 3.05) is 0 Å². The van der Waals surface area contributed by atoms with Crippen LogP contribution in [0.2, 0.25) is 0 Å². The summed E-state index contributed by atoms with van der Waals surface area (Å²) in [7, 11) is 0. The van der Waals surface area contributed by atoms with Crippen LogP contribution in [0.15, 0.2) is 105 Å². The van der Waals surface area contributed by atoms with Crippen molar-refractivity contribution in [3.63, 3.8) is 0 Å². The van der Waals surface area contributed by atoms with Crippen LogP contribution in [0.1, 0.15) is 17.3 Å². The topological polar surface area (TPSA) is 92.5 Å². The van der Waals surface area contributed by atoms with E-state index in [9.17, 15) is 9.59 Å². The highest BCUT2D eigenvalue weighted by molar-refractivity contribution is 7.12. The zero-order chi connectivity index (χ0) is 23.5. The number of hydrogen-bond donors (Lipinski definition) is 1. The summed E-state index contributed by atoms with van der Waals surface area (Å²) >= 11 is 1.36. The third-order valence-electron chi connectivity index (χ3n) is 5.20. The number of H-pyrrole nitrogens is 1. The average Bonchev–Trinajstić information content (AvgIpc) is 3.49. The molecule has 3 aromatic carbocycles. The van der Waals surface area contributed by atoms with Crippen LogP contribution >= 0.6 is 11.3 Å². The van der Waals surface area contributed by atoms with E-state index < -0.39 is 0 Å². The smallest absolute Gasteiger partial charge is 0.295 e. The van der Waals surface area contributed by atoms with Crippen LogP contribution in [-0.2, 0) is 0 Å². The highest BCUT2D eigenvalue weighted by atomic mass is 32.1. The van der Waals surface area contributed by atoms with E-state index in [1.165, 1.54) is 22.9 Å². The van der Waals surface area contributed by atoms with Gasteiger partial charge in [-0.15, -0.1) is 16.5 Å². The number of benzene rings is 3. The number of thiazole rings is 1. The molecule has 0 amide bonds. The van der Waals surface area contributed by atoms with Gasteiger partial charge < -0.3 is 0 Å². The van der Waals surface area contributed by atoms with Crippen molar-refractivity contribution >= 4 is 28.5 Å². The molecule has 1 N–H and O–H groups in total. The van der Waals surface area contributed by atoms with Gasteiger partial charge in [0.15, 0.2) is 11.5 Å². The van der Waals surface area contributed by atoms with Gasteiger partial charge in [-0.1, -0.05) is 72.8 Å². The molecule has 0 radical (unpaired) electrons. The first kappa shape index (κ1) is 21.4. The molecule has 8 heteroatoms. The maximum atomic E-state index is 13.4. The van der Waals surface area contributed by atoms with Crippen LogP contribution in [0.25, 0.3) is 27.6 Å². The minimum Gasteiger partial charge on any atom is -0.295 e. The van der Waals surface area contributed by atoms with Crippen molar-refractivity contribution in [3.05, 3.63) is 106 Å². The molecule has 0 fully saturated rings. The van der Waals surface area contributed by atoms with Crippen molar-refractivity contribution in [1.82, 2.24) is 14.8 Å². The monoisotopic (exact) mass is 465 g/mol. The second-order valence-electron chi connectivity index (χ2n) is 7.53. The van der Waals surface area contributed by atoms with Crippen molar-refractivity contribution in [1.29, 1.82) is 0 Å². The van der Waals surface area contributed by atoms with Gasteiger partial charge in [0.25, 0.3) is 0 Å². The fraction of sp³-hybridized carbons (Fsp3) is 0.0385. The summed E-state index contributed by atoms with van der Waals surface area (Å²) in [6.07, 6.45) is 0. The van der Waals surface area contributed by atoms with E-state index in [0.29, 0.717) is 22.1 Å². The molecular formula is C26H19N5O2S. The second kappa shape index (κ2) is 9.21. The van der Waals surface area contributed by atoms with E-state index in [4.69, 9.17) is 0 Å². The Bertz CT molecular complexity index is 1550. The van der Waals surface area contributed by atoms with Crippen molar-refractivity contribution in [2.24, 2.45) is 10.2 Å². The molecule has 0 bridgehead atoms. The van der Waals surface area contributed by atoms with Gasteiger partial charge in [0, 0.05) is 22.1 Å². The Hall–Kier alpha value is -4.43. The third-order valence-corrected chi connectivity index (χ3v) is 6.03. The van der Waals surface area contributed by atoms with Gasteiger partial charge in [-0.25, -0.2) is 4.98 Å². The van der Waals surface area contributed by atoms with Crippen LogP contribution in [0.4, 0.5) is 11.4 Å².